The number of carbonyl (C=O) groups is 1. The number of benzene rings is 1. The SMILES string of the molecule is Cc1ccc(C(C)C)cc1Nc1nc(C(=O)NS(=O)(=O)N2CCOC(CN(C)C)CC2)co1. The number of nitrogens with one attached hydrogen (secondary N) is 2. The van der Waals surface area contributed by atoms with Crippen LogP contribution >= 0.6 is 0 Å². The lowest BCUT2D eigenvalue weighted by Crippen LogP contribution is -2.44. The van der Waals surface area contributed by atoms with Crippen LogP contribution in [0, 0.1) is 6.92 Å². The van der Waals surface area contributed by atoms with E-state index < -0.39 is 16.1 Å². The number of oxazole rings is 1. The highest BCUT2D eigenvalue weighted by molar-refractivity contribution is 7.87. The van der Waals surface area contributed by atoms with E-state index in [1.165, 1.54) is 4.31 Å². The zero-order chi connectivity index (χ0) is 24.2. The number of hydrogen-bond acceptors (Lipinski definition) is 8. The monoisotopic (exact) mass is 479 g/mol. The van der Waals surface area contributed by atoms with Crippen LogP contribution in [0.25, 0.3) is 0 Å². The standard InChI is InChI=1S/C22H33N5O5S/c1-15(2)17-7-6-16(3)19(12-17)23-22-24-20(14-32-22)21(28)25-33(29,30)27-9-8-18(13-26(4)5)31-11-10-27/h6-7,12,14-15,18H,8-11,13H2,1-5H3,(H,23,24)(H,25,28). The van der Waals surface area contributed by atoms with Crippen LogP contribution in [0.5, 0.6) is 0 Å². The second kappa shape index (κ2) is 10.6. The zero-order valence-electron chi connectivity index (χ0n) is 19.8. The van der Waals surface area contributed by atoms with Gasteiger partial charge in [-0.1, -0.05) is 26.0 Å². The molecule has 1 fully saturated rings. The first-order chi connectivity index (χ1) is 15.5. The molecule has 1 amide bonds. The van der Waals surface area contributed by atoms with Gasteiger partial charge in [-0.05, 0) is 50.6 Å². The number of hydrogen-bond donors (Lipinski definition) is 2. The Hall–Kier alpha value is -2.47. The Labute approximate surface area is 195 Å². The molecule has 1 aliphatic heterocycles. The summed E-state index contributed by atoms with van der Waals surface area (Å²) < 4.78 is 39.9. The fraction of sp³-hybridized carbons (Fsp3) is 0.545. The van der Waals surface area contributed by atoms with Crippen molar-refractivity contribution in [2.75, 3.05) is 45.7 Å². The highest BCUT2D eigenvalue weighted by atomic mass is 32.2. The van der Waals surface area contributed by atoms with E-state index in [4.69, 9.17) is 9.15 Å². The average molecular weight is 480 g/mol. The number of aryl methyl sites for hydroxylation is 1. The van der Waals surface area contributed by atoms with Gasteiger partial charge in [0.05, 0.1) is 12.7 Å². The van der Waals surface area contributed by atoms with E-state index in [1.54, 1.807) is 0 Å². The molecule has 1 atom stereocenters. The molecule has 2 N–H and O–H groups in total. The van der Waals surface area contributed by atoms with Gasteiger partial charge in [0, 0.05) is 25.3 Å². The Bertz CT molecular complexity index is 1070. The molecule has 0 spiro atoms. The Kier molecular flexibility index (Phi) is 8.11. The maximum absolute atomic E-state index is 12.7. The summed E-state index contributed by atoms with van der Waals surface area (Å²) in [5.41, 5.74) is 2.81. The third-order valence-electron chi connectivity index (χ3n) is 5.43. The molecule has 33 heavy (non-hydrogen) atoms. The molecule has 11 heteroatoms. The van der Waals surface area contributed by atoms with E-state index in [1.807, 2.05) is 38.1 Å². The molecule has 1 aromatic heterocycles. The first kappa shape index (κ1) is 25.2. The fourth-order valence-electron chi connectivity index (χ4n) is 3.51. The molecule has 3 rings (SSSR count). The summed E-state index contributed by atoms with van der Waals surface area (Å²) in [6.07, 6.45) is 1.62. The summed E-state index contributed by atoms with van der Waals surface area (Å²) in [5, 5.41) is 3.06. The first-order valence-corrected chi connectivity index (χ1v) is 12.4. The third-order valence-corrected chi connectivity index (χ3v) is 6.92. The van der Waals surface area contributed by atoms with E-state index >= 15 is 0 Å². The lowest BCUT2D eigenvalue weighted by atomic mass is 10.0. The van der Waals surface area contributed by atoms with Crippen molar-refractivity contribution in [2.45, 2.75) is 39.2 Å². The molecule has 2 heterocycles. The summed E-state index contributed by atoms with van der Waals surface area (Å²) in [4.78, 5) is 18.7. The van der Waals surface area contributed by atoms with E-state index in [0.717, 1.165) is 23.1 Å². The number of amides is 1. The minimum Gasteiger partial charge on any atom is -0.431 e. The van der Waals surface area contributed by atoms with Crippen LogP contribution in [-0.2, 0) is 14.9 Å². The molecule has 0 aliphatic carbocycles. The van der Waals surface area contributed by atoms with Crippen molar-refractivity contribution in [1.82, 2.24) is 18.9 Å². The van der Waals surface area contributed by atoms with Gasteiger partial charge < -0.3 is 19.4 Å². The largest absolute Gasteiger partial charge is 0.431 e. The van der Waals surface area contributed by atoms with Crippen molar-refractivity contribution in [3.63, 3.8) is 0 Å². The number of ether oxygens (including phenoxy) is 1. The van der Waals surface area contributed by atoms with Gasteiger partial charge in [-0.25, -0.2) is 4.72 Å². The van der Waals surface area contributed by atoms with Crippen molar-refractivity contribution in [2.24, 2.45) is 0 Å². The molecule has 0 bridgehead atoms. The second-order valence-electron chi connectivity index (χ2n) is 8.77. The summed E-state index contributed by atoms with van der Waals surface area (Å²) in [6.45, 7) is 7.54. The van der Waals surface area contributed by atoms with Crippen LogP contribution in [0.1, 0.15) is 47.8 Å². The van der Waals surface area contributed by atoms with Gasteiger partial charge in [0.2, 0.25) is 0 Å². The minimum absolute atomic E-state index is 0.0577. The molecule has 1 saturated heterocycles. The van der Waals surface area contributed by atoms with Crippen LogP contribution in [0.15, 0.2) is 28.9 Å². The first-order valence-electron chi connectivity index (χ1n) is 11.0. The smallest absolute Gasteiger partial charge is 0.304 e. The Morgan fingerprint density at radius 2 is 2.06 bits per heavy atom. The van der Waals surface area contributed by atoms with E-state index in [9.17, 15) is 13.2 Å². The third kappa shape index (κ3) is 6.76. The van der Waals surface area contributed by atoms with E-state index in [2.05, 4.69) is 34.9 Å². The molecule has 2 aromatic rings. The number of nitrogens with zero attached hydrogens (tertiary/aromatic N) is 3. The summed E-state index contributed by atoms with van der Waals surface area (Å²) in [5.74, 6) is -0.501. The summed E-state index contributed by atoms with van der Waals surface area (Å²) in [7, 11) is -0.166. The molecule has 1 aliphatic rings. The van der Waals surface area contributed by atoms with Crippen molar-refractivity contribution < 1.29 is 22.4 Å². The van der Waals surface area contributed by atoms with Crippen molar-refractivity contribution >= 4 is 27.8 Å². The lowest BCUT2D eigenvalue weighted by Gasteiger charge is -2.20. The van der Waals surface area contributed by atoms with Gasteiger partial charge in [0.15, 0.2) is 5.69 Å². The number of likely N-dealkylation sites (N-methyl/N-ethyl adjacent to an activating group) is 1. The number of carbonyl (C=O) groups excluding carboxylic acids is 1. The molecule has 10 nitrogen and oxygen atoms in total. The molecular weight excluding hydrogens is 446 g/mol. The van der Waals surface area contributed by atoms with Gasteiger partial charge in [-0.2, -0.15) is 17.7 Å². The van der Waals surface area contributed by atoms with E-state index in [-0.39, 0.29) is 37.5 Å². The van der Waals surface area contributed by atoms with Gasteiger partial charge in [0.25, 0.3) is 11.9 Å². The van der Waals surface area contributed by atoms with Crippen LogP contribution in [-0.4, -0.2) is 75.0 Å². The Morgan fingerprint density at radius 1 is 1.30 bits per heavy atom. The summed E-state index contributed by atoms with van der Waals surface area (Å²) in [6, 6.07) is 6.16. The number of aromatic nitrogens is 1. The maximum Gasteiger partial charge on any atom is 0.304 e. The van der Waals surface area contributed by atoms with E-state index in [0.29, 0.717) is 18.9 Å². The normalized spacial score (nSPS) is 17.8. The molecule has 182 valence electrons. The number of anilines is 2. The highest BCUT2D eigenvalue weighted by Crippen LogP contribution is 2.25. The average Bonchev–Trinajstić information content (AvgIpc) is 3.06. The fourth-order valence-corrected chi connectivity index (χ4v) is 4.64. The zero-order valence-corrected chi connectivity index (χ0v) is 20.6. The quantitative estimate of drug-likeness (QED) is 0.593. The minimum atomic E-state index is -4.04. The molecule has 1 unspecified atom stereocenters. The van der Waals surface area contributed by atoms with Gasteiger partial charge >= 0.3 is 10.2 Å². The molecule has 1 aromatic carbocycles. The van der Waals surface area contributed by atoms with Gasteiger partial charge in [-0.3, -0.25) is 4.79 Å². The topological polar surface area (TPSA) is 117 Å². The second-order valence-corrected chi connectivity index (χ2v) is 10.4. The highest BCUT2D eigenvalue weighted by Gasteiger charge is 2.29. The maximum atomic E-state index is 12.7. The van der Waals surface area contributed by atoms with Gasteiger partial charge in [-0.15, -0.1) is 0 Å². The molecule has 0 saturated carbocycles. The Balaban J connectivity index is 1.64. The van der Waals surface area contributed by atoms with Gasteiger partial charge in [0.1, 0.15) is 6.26 Å². The van der Waals surface area contributed by atoms with Crippen molar-refractivity contribution in [1.29, 1.82) is 0 Å². The van der Waals surface area contributed by atoms with Crippen LogP contribution in [0.3, 0.4) is 0 Å². The van der Waals surface area contributed by atoms with Crippen LogP contribution in [0.2, 0.25) is 0 Å². The Morgan fingerprint density at radius 3 is 2.76 bits per heavy atom. The lowest BCUT2D eigenvalue weighted by molar-refractivity contribution is 0.0453. The molecular formula is C22H33N5O5S. The van der Waals surface area contributed by atoms with Crippen molar-refractivity contribution in [3.8, 4) is 0 Å². The van der Waals surface area contributed by atoms with Crippen LogP contribution < -0.4 is 10.0 Å². The predicted molar refractivity (Wildman–Crippen MR) is 126 cm³/mol. The van der Waals surface area contributed by atoms with Crippen LogP contribution in [0.4, 0.5) is 11.7 Å². The molecule has 0 radical (unpaired) electrons. The van der Waals surface area contributed by atoms with Crippen molar-refractivity contribution in [3.05, 3.63) is 41.3 Å². The summed E-state index contributed by atoms with van der Waals surface area (Å²) >= 11 is 0. The number of rotatable bonds is 8. The predicted octanol–water partition coefficient (Wildman–Crippen LogP) is 2.48.